The highest BCUT2D eigenvalue weighted by Crippen LogP contribution is 2.51. The van der Waals surface area contributed by atoms with E-state index in [-0.39, 0.29) is 54.6 Å². The van der Waals surface area contributed by atoms with Crippen LogP contribution in [0.4, 0.5) is 0 Å². The van der Waals surface area contributed by atoms with Gasteiger partial charge in [-0.05, 0) is 12.1 Å². The van der Waals surface area contributed by atoms with E-state index in [4.69, 9.17) is 24.7 Å². The van der Waals surface area contributed by atoms with E-state index in [0.717, 1.165) is 30.3 Å². The van der Waals surface area contributed by atoms with E-state index in [1.807, 2.05) is 0 Å². The van der Waals surface area contributed by atoms with Gasteiger partial charge in [0.2, 0.25) is 0 Å². The van der Waals surface area contributed by atoms with Crippen LogP contribution < -0.4 is 16.0 Å². The molecule has 1 aliphatic rings. The van der Waals surface area contributed by atoms with Crippen LogP contribution in [0.25, 0.3) is 0 Å². The highest BCUT2D eigenvalue weighted by molar-refractivity contribution is 5.89. The van der Waals surface area contributed by atoms with Crippen molar-refractivity contribution in [3.63, 3.8) is 0 Å². The summed E-state index contributed by atoms with van der Waals surface area (Å²) in [6, 6.07) is 6.15. The van der Waals surface area contributed by atoms with Gasteiger partial charge in [-0.25, -0.2) is 4.79 Å². The van der Waals surface area contributed by atoms with E-state index < -0.39 is 58.7 Å². The first-order chi connectivity index (χ1) is 18.6. The zero-order valence-electron chi connectivity index (χ0n) is 20.2. The zero-order valence-corrected chi connectivity index (χ0v) is 20.2. The molecule has 3 atom stereocenters. The van der Waals surface area contributed by atoms with E-state index >= 15 is 0 Å². The van der Waals surface area contributed by atoms with Gasteiger partial charge >= 0.3 is 5.97 Å². The molecule has 0 bridgehead atoms. The van der Waals surface area contributed by atoms with Crippen LogP contribution in [0.5, 0.6) is 40.4 Å². The number of fused-ring (bicyclic) bond motifs is 1. The number of hydrogen-bond donors (Lipinski definition) is 8. The molecule has 0 fully saturated rings. The predicted molar refractivity (Wildman–Crippen MR) is 131 cm³/mol. The molecule has 4 rings (SSSR count). The average molecular weight is 546 g/mol. The molecule has 0 saturated heterocycles. The summed E-state index contributed by atoms with van der Waals surface area (Å²) < 4.78 is 22.9. The topological polar surface area (TPSA) is 234 Å². The van der Waals surface area contributed by atoms with Crippen molar-refractivity contribution in [2.45, 2.75) is 18.3 Å². The van der Waals surface area contributed by atoms with Crippen molar-refractivity contribution in [3.05, 3.63) is 63.4 Å². The Kier molecular flexibility index (Phi) is 7.99. The molecule has 3 unspecified atom stereocenters. The maximum absolute atomic E-state index is 13.1. The number of benzene rings is 2. The Bertz CT molecular complexity index is 1400. The minimum Gasteiger partial charge on any atom is -0.508 e. The predicted octanol–water partition coefficient (Wildman–Crippen LogP) is 1.00. The molecule has 0 saturated carbocycles. The Labute approximate surface area is 220 Å². The second-order valence-corrected chi connectivity index (χ2v) is 8.50. The minimum absolute atomic E-state index is 0.00153. The van der Waals surface area contributed by atoms with Gasteiger partial charge in [0.05, 0.1) is 30.9 Å². The molecule has 208 valence electrons. The number of esters is 1. The number of ether oxygens (including phenoxy) is 4. The van der Waals surface area contributed by atoms with Gasteiger partial charge in [-0.1, -0.05) is 0 Å². The summed E-state index contributed by atoms with van der Waals surface area (Å²) in [4.78, 5) is 27.0. The number of nitrogens with one attached hydrogen (secondary N) is 1. The van der Waals surface area contributed by atoms with Gasteiger partial charge in [0, 0.05) is 36.4 Å². The third kappa shape index (κ3) is 5.93. The van der Waals surface area contributed by atoms with Crippen LogP contribution >= 0.6 is 0 Å². The first-order valence-corrected chi connectivity index (χ1v) is 11.6. The fraction of sp³-hybridized carbons (Fsp3) is 0.280. The van der Waals surface area contributed by atoms with E-state index in [0.29, 0.717) is 0 Å². The molecule has 2 heterocycles. The van der Waals surface area contributed by atoms with Crippen LogP contribution in [0.1, 0.15) is 33.7 Å². The van der Waals surface area contributed by atoms with Crippen molar-refractivity contribution in [3.8, 4) is 40.4 Å². The smallest absolute Gasteiger partial charge is 0.339 e. The number of carbonyl (C=O) groups excluding carboxylic acids is 1. The molecule has 1 aliphatic heterocycles. The lowest BCUT2D eigenvalue weighted by Crippen LogP contribution is -2.40. The van der Waals surface area contributed by atoms with E-state index in [2.05, 4.69) is 4.98 Å². The van der Waals surface area contributed by atoms with E-state index in [1.165, 1.54) is 6.07 Å². The third-order valence-corrected chi connectivity index (χ3v) is 5.76. The Hall–Kier alpha value is -4.66. The lowest BCUT2D eigenvalue weighted by atomic mass is 9.90. The van der Waals surface area contributed by atoms with Gasteiger partial charge in [-0.2, -0.15) is 0 Å². The monoisotopic (exact) mass is 546 g/mol. The number of nitrogens with two attached hydrogens (primary N) is 1. The van der Waals surface area contributed by atoms with Gasteiger partial charge in [0.1, 0.15) is 23.4 Å². The Balaban J connectivity index is 1.81. The molecular formula is C25H26N2O12. The number of phenols is 5. The second kappa shape index (κ2) is 11.4. The van der Waals surface area contributed by atoms with Gasteiger partial charge in [0.25, 0.3) is 5.56 Å². The van der Waals surface area contributed by atoms with Crippen molar-refractivity contribution in [1.29, 1.82) is 0 Å². The normalized spacial score (nSPS) is 18.2. The first kappa shape index (κ1) is 27.4. The SMILES string of the molecule is NCCOCCOC1c2c(O)cc(O)cc2OC(c2cc(O)c(O)c(O)c2)C1OC(=O)c1cc(O)[nH]c(=O)c1. The number of carbonyl (C=O) groups is 1. The molecule has 3 aromatic rings. The highest BCUT2D eigenvalue weighted by Gasteiger charge is 2.45. The molecule has 0 spiro atoms. The molecule has 0 radical (unpaired) electrons. The number of hydrogen-bond acceptors (Lipinski definition) is 13. The number of phenolic OH excluding ortho intramolecular Hbond substituents is 5. The van der Waals surface area contributed by atoms with Crippen LogP contribution in [0.2, 0.25) is 0 Å². The third-order valence-electron chi connectivity index (χ3n) is 5.76. The molecule has 39 heavy (non-hydrogen) atoms. The van der Waals surface area contributed by atoms with Crippen molar-refractivity contribution in [2.75, 3.05) is 26.4 Å². The number of aromatic nitrogens is 1. The van der Waals surface area contributed by atoms with Gasteiger partial charge in [-0.15, -0.1) is 0 Å². The Morgan fingerprint density at radius 1 is 0.923 bits per heavy atom. The maximum Gasteiger partial charge on any atom is 0.339 e. The van der Waals surface area contributed by atoms with Crippen molar-refractivity contribution < 1.29 is 54.4 Å². The van der Waals surface area contributed by atoms with Crippen molar-refractivity contribution in [2.24, 2.45) is 5.73 Å². The van der Waals surface area contributed by atoms with E-state index in [9.17, 15) is 40.2 Å². The number of pyridine rings is 1. The fourth-order valence-corrected chi connectivity index (χ4v) is 4.11. The summed E-state index contributed by atoms with van der Waals surface area (Å²) in [7, 11) is 0. The average Bonchev–Trinajstić information content (AvgIpc) is 2.86. The van der Waals surface area contributed by atoms with Crippen molar-refractivity contribution >= 4 is 5.97 Å². The molecule has 0 amide bonds. The van der Waals surface area contributed by atoms with Crippen LogP contribution in [0.3, 0.4) is 0 Å². The molecule has 1 aromatic heterocycles. The summed E-state index contributed by atoms with van der Waals surface area (Å²) in [6.07, 6.45) is -4.09. The van der Waals surface area contributed by atoms with Gasteiger partial charge < -0.3 is 55.3 Å². The summed E-state index contributed by atoms with van der Waals surface area (Å²) in [5.41, 5.74) is 4.33. The molecule has 2 aromatic carbocycles. The quantitative estimate of drug-likeness (QED) is 0.106. The summed E-state index contributed by atoms with van der Waals surface area (Å²) >= 11 is 0. The largest absolute Gasteiger partial charge is 0.508 e. The molecule has 14 heteroatoms. The zero-order chi connectivity index (χ0) is 28.3. The summed E-state index contributed by atoms with van der Waals surface area (Å²) in [5, 5.41) is 60.5. The van der Waals surface area contributed by atoms with Crippen LogP contribution in [0, 0.1) is 0 Å². The van der Waals surface area contributed by atoms with Gasteiger partial charge in [-0.3, -0.25) is 9.78 Å². The summed E-state index contributed by atoms with van der Waals surface area (Å²) in [5.74, 6) is -4.80. The number of aromatic amines is 1. The van der Waals surface area contributed by atoms with Gasteiger partial charge in [0.15, 0.2) is 35.3 Å². The standard InChI is InChI=1S/C25H26N2O12/c26-1-2-36-3-4-37-23-20-14(29)9-13(28)10-17(20)38-22(11-5-15(30)21(34)16(31)6-11)24(23)39-25(35)12-7-18(32)27-19(33)8-12/h5-10,22-24,28-31,34H,1-4,26H2,(H2,27,32,33). The second-order valence-electron chi connectivity index (χ2n) is 8.50. The molecular weight excluding hydrogens is 520 g/mol. The van der Waals surface area contributed by atoms with Crippen molar-refractivity contribution in [1.82, 2.24) is 4.98 Å². The van der Waals surface area contributed by atoms with Crippen LogP contribution in [-0.4, -0.2) is 74.1 Å². The van der Waals surface area contributed by atoms with Crippen LogP contribution in [-0.2, 0) is 14.2 Å². The number of H-pyrrole nitrogens is 1. The molecule has 0 aliphatic carbocycles. The Morgan fingerprint density at radius 3 is 2.31 bits per heavy atom. The number of rotatable bonds is 9. The lowest BCUT2D eigenvalue weighted by Gasteiger charge is -2.39. The maximum atomic E-state index is 13.1. The van der Waals surface area contributed by atoms with E-state index in [1.54, 1.807) is 0 Å². The summed E-state index contributed by atoms with van der Waals surface area (Å²) in [6.45, 7) is 0.491. The molecule has 14 nitrogen and oxygen atoms in total. The number of aromatic hydroxyl groups is 6. The Morgan fingerprint density at radius 2 is 1.64 bits per heavy atom. The highest BCUT2D eigenvalue weighted by atomic mass is 16.6. The fourth-order valence-electron chi connectivity index (χ4n) is 4.11. The lowest BCUT2D eigenvalue weighted by molar-refractivity contribution is -0.117. The first-order valence-electron chi connectivity index (χ1n) is 11.6. The molecule has 9 N–H and O–H groups in total. The minimum atomic E-state index is -1.46. The van der Waals surface area contributed by atoms with Crippen LogP contribution in [0.15, 0.2) is 41.2 Å².